The van der Waals surface area contributed by atoms with Crippen LogP contribution in [0.1, 0.15) is 46.1 Å². The maximum absolute atomic E-state index is 12.2. The van der Waals surface area contributed by atoms with Crippen molar-refractivity contribution in [1.82, 2.24) is 14.0 Å². The van der Waals surface area contributed by atoms with Crippen LogP contribution in [0, 0.1) is 6.92 Å². The Morgan fingerprint density at radius 1 is 1.32 bits per heavy atom. The highest BCUT2D eigenvalue weighted by molar-refractivity contribution is 7.87. The largest absolute Gasteiger partial charge is 0.476 e. The number of carboxylic acid groups (broad SMARTS) is 1. The smallest absolute Gasteiger partial charge is 0.355 e. The average molecular weight is 347 g/mol. The molecule has 7 nitrogen and oxygen atoms in total. The van der Waals surface area contributed by atoms with Gasteiger partial charge < -0.3 is 5.11 Å². The molecule has 0 amide bonds. The zero-order valence-corrected chi connectivity index (χ0v) is 14.2. The number of carboxylic acids is 1. The van der Waals surface area contributed by atoms with Crippen molar-refractivity contribution >= 4 is 27.5 Å². The molecule has 2 N–H and O–H groups in total. The molecule has 1 aliphatic heterocycles. The molecule has 0 saturated carbocycles. The van der Waals surface area contributed by atoms with Gasteiger partial charge in [-0.2, -0.15) is 12.7 Å². The van der Waals surface area contributed by atoms with Gasteiger partial charge in [0, 0.05) is 30.9 Å². The summed E-state index contributed by atoms with van der Waals surface area (Å²) in [6.07, 6.45) is 4.33. The summed E-state index contributed by atoms with van der Waals surface area (Å²) in [4.78, 5) is 15.6. The summed E-state index contributed by atoms with van der Waals surface area (Å²) in [5.41, 5.74) is 0.0513. The zero-order valence-electron chi connectivity index (χ0n) is 12.5. The van der Waals surface area contributed by atoms with Gasteiger partial charge in [0.15, 0.2) is 5.69 Å². The summed E-state index contributed by atoms with van der Waals surface area (Å²) in [7, 11) is -3.45. The van der Waals surface area contributed by atoms with Crippen molar-refractivity contribution in [3.8, 4) is 0 Å². The molecule has 0 radical (unpaired) electrons. The quantitative estimate of drug-likeness (QED) is 0.810. The molecule has 1 aromatic rings. The van der Waals surface area contributed by atoms with Gasteiger partial charge in [-0.05, 0) is 19.8 Å². The van der Waals surface area contributed by atoms with Gasteiger partial charge in [0.2, 0.25) is 0 Å². The number of aromatic carboxylic acids is 1. The number of aromatic nitrogens is 1. The standard InChI is InChI=1S/C13H21N3O4S2/c1-10-12(13(17)18)15-11(21-10)6-7-14-22(19,20)16-8-4-2-3-5-9-16/h14H,2-9H2,1H3,(H,17,18). The Hall–Kier alpha value is -1.03. The number of thiazole rings is 1. The summed E-state index contributed by atoms with van der Waals surface area (Å²) in [5.74, 6) is -1.05. The summed E-state index contributed by atoms with van der Waals surface area (Å²) in [6, 6.07) is 0. The monoisotopic (exact) mass is 347 g/mol. The second kappa shape index (κ2) is 7.49. The molecule has 9 heteroatoms. The minimum Gasteiger partial charge on any atom is -0.476 e. The number of nitrogens with zero attached hydrogens (tertiary/aromatic N) is 2. The molecule has 0 aliphatic carbocycles. The third-order valence-electron chi connectivity index (χ3n) is 3.57. The Labute approximate surface area is 134 Å². The normalized spacial score (nSPS) is 17.3. The summed E-state index contributed by atoms with van der Waals surface area (Å²) >= 11 is 1.29. The molecule has 1 aromatic heterocycles. The lowest BCUT2D eigenvalue weighted by Crippen LogP contribution is -2.41. The van der Waals surface area contributed by atoms with Crippen molar-refractivity contribution in [3.05, 3.63) is 15.6 Å². The highest BCUT2D eigenvalue weighted by Gasteiger charge is 2.22. The molecule has 1 saturated heterocycles. The predicted molar refractivity (Wildman–Crippen MR) is 84.5 cm³/mol. The van der Waals surface area contributed by atoms with Crippen LogP contribution in [0.3, 0.4) is 0 Å². The van der Waals surface area contributed by atoms with Crippen molar-refractivity contribution in [2.45, 2.75) is 39.0 Å². The molecule has 0 unspecified atom stereocenters. The Bertz CT molecular complexity index is 619. The molecule has 22 heavy (non-hydrogen) atoms. The Balaban J connectivity index is 1.89. The van der Waals surface area contributed by atoms with Gasteiger partial charge in [-0.1, -0.05) is 12.8 Å². The van der Waals surface area contributed by atoms with Crippen LogP contribution in [0.2, 0.25) is 0 Å². The fraction of sp³-hybridized carbons (Fsp3) is 0.692. The summed E-state index contributed by atoms with van der Waals surface area (Å²) in [6.45, 7) is 3.06. The van der Waals surface area contributed by atoms with Crippen LogP contribution in [0.4, 0.5) is 0 Å². The molecule has 0 aromatic carbocycles. The fourth-order valence-electron chi connectivity index (χ4n) is 2.42. The molecule has 0 spiro atoms. The van der Waals surface area contributed by atoms with Crippen molar-refractivity contribution in [2.75, 3.05) is 19.6 Å². The number of hydrogen-bond acceptors (Lipinski definition) is 5. The van der Waals surface area contributed by atoms with E-state index in [4.69, 9.17) is 5.11 Å². The van der Waals surface area contributed by atoms with Crippen LogP contribution in [0.5, 0.6) is 0 Å². The maximum Gasteiger partial charge on any atom is 0.355 e. The highest BCUT2D eigenvalue weighted by atomic mass is 32.2. The van der Waals surface area contributed by atoms with Crippen LogP contribution in [0.25, 0.3) is 0 Å². The average Bonchev–Trinajstić information content (AvgIpc) is 2.66. The topological polar surface area (TPSA) is 99.6 Å². The Kier molecular flexibility index (Phi) is 5.90. The first-order valence-corrected chi connectivity index (χ1v) is 9.60. The Morgan fingerprint density at radius 2 is 1.95 bits per heavy atom. The van der Waals surface area contributed by atoms with Crippen molar-refractivity contribution < 1.29 is 18.3 Å². The van der Waals surface area contributed by atoms with Gasteiger partial charge in [-0.15, -0.1) is 11.3 Å². The van der Waals surface area contributed by atoms with E-state index in [1.54, 1.807) is 6.92 Å². The molecule has 2 rings (SSSR count). The lowest BCUT2D eigenvalue weighted by Gasteiger charge is -2.19. The van der Waals surface area contributed by atoms with Gasteiger partial charge in [0.25, 0.3) is 10.2 Å². The molecule has 0 atom stereocenters. The molecular weight excluding hydrogens is 326 g/mol. The van der Waals surface area contributed by atoms with E-state index in [-0.39, 0.29) is 12.2 Å². The number of nitrogens with one attached hydrogen (secondary N) is 1. The molecule has 1 fully saturated rings. The van der Waals surface area contributed by atoms with E-state index in [1.165, 1.54) is 15.6 Å². The van der Waals surface area contributed by atoms with Gasteiger partial charge in [-0.25, -0.2) is 14.5 Å². The van der Waals surface area contributed by atoms with E-state index in [1.807, 2.05) is 0 Å². The second-order valence-corrected chi connectivity index (χ2v) is 8.32. The number of aryl methyl sites for hydroxylation is 1. The van der Waals surface area contributed by atoms with E-state index < -0.39 is 16.2 Å². The van der Waals surface area contributed by atoms with Gasteiger partial charge in [-0.3, -0.25) is 0 Å². The lowest BCUT2D eigenvalue weighted by molar-refractivity contribution is 0.0690. The molecule has 124 valence electrons. The maximum atomic E-state index is 12.2. The minimum atomic E-state index is -3.45. The van der Waals surface area contributed by atoms with Gasteiger partial charge >= 0.3 is 5.97 Å². The molecule has 2 heterocycles. The molecular formula is C13H21N3O4S2. The highest BCUT2D eigenvalue weighted by Crippen LogP contribution is 2.18. The number of carbonyl (C=O) groups is 1. The van der Waals surface area contributed by atoms with Gasteiger partial charge in [0.1, 0.15) is 0 Å². The number of hydrogen-bond donors (Lipinski definition) is 2. The van der Waals surface area contributed by atoms with E-state index in [9.17, 15) is 13.2 Å². The van der Waals surface area contributed by atoms with E-state index >= 15 is 0 Å². The van der Waals surface area contributed by atoms with Crippen molar-refractivity contribution in [2.24, 2.45) is 0 Å². The van der Waals surface area contributed by atoms with Crippen LogP contribution in [-0.4, -0.2) is 48.4 Å². The van der Waals surface area contributed by atoms with Crippen LogP contribution >= 0.6 is 11.3 Å². The third-order valence-corrected chi connectivity index (χ3v) is 6.22. The second-order valence-electron chi connectivity index (χ2n) is 5.28. The van der Waals surface area contributed by atoms with Crippen LogP contribution in [0.15, 0.2) is 0 Å². The van der Waals surface area contributed by atoms with E-state index in [0.717, 1.165) is 25.7 Å². The Morgan fingerprint density at radius 3 is 2.50 bits per heavy atom. The lowest BCUT2D eigenvalue weighted by atomic mass is 10.2. The summed E-state index contributed by atoms with van der Waals surface area (Å²) in [5, 5.41) is 9.59. The summed E-state index contributed by atoms with van der Waals surface area (Å²) < 4.78 is 28.5. The van der Waals surface area contributed by atoms with E-state index in [2.05, 4.69) is 9.71 Å². The first-order chi connectivity index (χ1) is 10.4. The minimum absolute atomic E-state index is 0.0513. The molecule has 1 aliphatic rings. The van der Waals surface area contributed by atoms with Gasteiger partial charge in [0.05, 0.1) is 5.01 Å². The first-order valence-electron chi connectivity index (χ1n) is 7.34. The SMILES string of the molecule is Cc1sc(CCNS(=O)(=O)N2CCCCCC2)nc1C(=O)O. The number of rotatable bonds is 6. The van der Waals surface area contributed by atoms with Crippen LogP contribution < -0.4 is 4.72 Å². The van der Waals surface area contributed by atoms with E-state index in [0.29, 0.717) is 29.4 Å². The first kappa shape index (κ1) is 17.3. The molecule has 0 bridgehead atoms. The van der Waals surface area contributed by atoms with Crippen molar-refractivity contribution in [1.29, 1.82) is 0 Å². The van der Waals surface area contributed by atoms with Crippen LogP contribution in [-0.2, 0) is 16.6 Å². The zero-order chi connectivity index (χ0) is 16.2. The fourth-order valence-corrected chi connectivity index (χ4v) is 4.62. The third kappa shape index (κ3) is 4.48. The van der Waals surface area contributed by atoms with Crippen molar-refractivity contribution in [3.63, 3.8) is 0 Å². The predicted octanol–water partition coefficient (Wildman–Crippen LogP) is 1.40.